The standard InChI is InChI=1S/C17H27NO/c1-4-18-12-5-10-17(19,11-13-18)16-8-6-15(7-9-16)14(2)3/h6-9,14,19H,4-5,10-13H2,1-3H3. The lowest BCUT2D eigenvalue weighted by molar-refractivity contribution is 0.0213. The molecular weight excluding hydrogens is 234 g/mol. The molecule has 0 spiro atoms. The Balaban J connectivity index is 2.14. The molecule has 1 aromatic rings. The lowest BCUT2D eigenvalue weighted by Crippen LogP contribution is -2.29. The third-order valence-electron chi connectivity index (χ3n) is 4.47. The van der Waals surface area contributed by atoms with E-state index < -0.39 is 5.60 Å². The molecule has 1 unspecified atom stereocenters. The van der Waals surface area contributed by atoms with Crippen LogP contribution in [0.25, 0.3) is 0 Å². The molecular formula is C17H27NO. The highest BCUT2D eigenvalue weighted by molar-refractivity contribution is 5.29. The summed E-state index contributed by atoms with van der Waals surface area (Å²) in [6, 6.07) is 8.58. The van der Waals surface area contributed by atoms with Crippen molar-refractivity contribution in [2.45, 2.75) is 51.6 Å². The first-order chi connectivity index (χ1) is 9.05. The zero-order chi connectivity index (χ0) is 13.9. The summed E-state index contributed by atoms with van der Waals surface area (Å²) in [7, 11) is 0. The number of hydrogen-bond acceptors (Lipinski definition) is 2. The summed E-state index contributed by atoms with van der Waals surface area (Å²) >= 11 is 0. The normalized spacial score (nSPS) is 25.5. The van der Waals surface area contributed by atoms with E-state index >= 15 is 0 Å². The Kier molecular flexibility index (Phi) is 4.64. The molecule has 0 bridgehead atoms. The lowest BCUT2D eigenvalue weighted by atomic mass is 9.86. The van der Waals surface area contributed by atoms with Crippen molar-refractivity contribution in [3.63, 3.8) is 0 Å². The second-order valence-electron chi connectivity index (χ2n) is 6.10. The summed E-state index contributed by atoms with van der Waals surface area (Å²) in [5.74, 6) is 0.549. The molecule has 106 valence electrons. The molecule has 1 atom stereocenters. The molecule has 2 rings (SSSR count). The third kappa shape index (κ3) is 3.37. The van der Waals surface area contributed by atoms with Crippen molar-refractivity contribution >= 4 is 0 Å². The van der Waals surface area contributed by atoms with Crippen LogP contribution in [0.1, 0.15) is 57.1 Å². The van der Waals surface area contributed by atoms with E-state index in [2.05, 4.69) is 49.9 Å². The van der Waals surface area contributed by atoms with Crippen molar-refractivity contribution in [3.05, 3.63) is 35.4 Å². The van der Waals surface area contributed by atoms with Crippen LogP contribution in [0.15, 0.2) is 24.3 Å². The van der Waals surface area contributed by atoms with Crippen molar-refractivity contribution in [3.8, 4) is 0 Å². The van der Waals surface area contributed by atoms with Crippen LogP contribution in [0.5, 0.6) is 0 Å². The van der Waals surface area contributed by atoms with E-state index in [0.717, 1.165) is 44.5 Å². The number of rotatable bonds is 3. The topological polar surface area (TPSA) is 23.5 Å². The van der Waals surface area contributed by atoms with E-state index in [1.807, 2.05) is 0 Å². The van der Waals surface area contributed by atoms with Gasteiger partial charge in [0.05, 0.1) is 5.60 Å². The predicted octanol–water partition coefficient (Wildman–Crippen LogP) is 3.50. The maximum Gasteiger partial charge on any atom is 0.0909 e. The maximum absolute atomic E-state index is 10.9. The quantitative estimate of drug-likeness (QED) is 0.900. The third-order valence-corrected chi connectivity index (χ3v) is 4.47. The highest BCUT2D eigenvalue weighted by Crippen LogP contribution is 2.33. The smallest absolute Gasteiger partial charge is 0.0909 e. The van der Waals surface area contributed by atoms with Crippen molar-refractivity contribution in [2.24, 2.45) is 0 Å². The van der Waals surface area contributed by atoms with Crippen LogP contribution in [0.2, 0.25) is 0 Å². The van der Waals surface area contributed by atoms with Gasteiger partial charge < -0.3 is 10.0 Å². The van der Waals surface area contributed by atoms with Gasteiger partial charge in [-0.25, -0.2) is 0 Å². The Morgan fingerprint density at radius 3 is 2.42 bits per heavy atom. The van der Waals surface area contributed by atoms with Gasteiger partial charge in [0.25, 0.3) is 0 Å². The lowest BCUT2D eigenvalue weighted by Gasteiger charge is -2.28. The second-order valence-corrected chi connectivity index (χ2v) is 6.10. The molecule has 1 aliphatic heterocycles. The average molecular weight is 261 g/mol. The predicted molar refractivity (Wildman–Crippen MR) is 80.4 cm³/mol. The minimum absolute atomic E-state index is 0.549. The van der Waals surface area contributed by atoms with Crippen LogP contribution < -0.4 is 0 Å². The molecule has 1 aliphatic rings. The van der Waals surface area contributed by atoms with Crippen LogP contribution in [0.3, 0.4) is 0 Å². The van der Waals surface area contributed by atoms with E-state index in [-0.39, 0.29) is 0 Å². The van der Waals surface area contributed by atoms with Crippen LogP contribution in [-0.4, -0.2) is 29.6 Å². The molecule has 1 saturated heterocycles. The van der Waals surface area contributed by atoms with Gasteiger partial charge in [0.1, 0.15) is 0 Å². The zero-order valence-electron chi connectivity index (χ0n) is 12.5. The van der Waals surface area contributed by atoms with Gasteiger partial charge in [0.15, 0.2) is 0 Å². The fourth-order valence-electron chi connectivity index (χ4n) is 2.96. The first kappa shape index (κ1) is 14.5. The van der Waals surface area contributed by atoms with Crippen LogP contribution in [0.4, 0.5) is 0 Å². The van der Waals surface area contributed by atoms with Crippen LogP contribution >= 0.6 is 0 Å². The van der Waals surface area contributed by atoms with Crippen molar-refractivity contribution < 1.29 is 5.11 Å². The second kappa shape index (κ2) is 6.06. The first-order valence-corrected chi connectivity index (χ1v) is 7.60. The molecule has 0 amide bonds. The van der Waals surface area contributed by atoms with E-state index in [1.165, 1.54) is 5.56 Å². The fourth-order valence-corrected chi connectivity index (χ4v) is 2.96. The molecule has 2 nitrogen and oxygen atoms in total. The zero-order valence-corrected chi connectivity index (χ0v) is 12.5. The van der Waals surface area contributed by atoms with E-state index in [4.69, 9.17) is 0 Å². The van der Waals surface area contributed by atoms with Gasteiger partial charge in [0, 0.05) is 6.54 Å². The Hall–Kier alpha value is -0.860. The van der Waals surface area contributed by atoms with E-state index in [0.29, 0.717) is 5.92 Å². The number of likely N-dealkylation sites (tertiary alicyclic amines) is 1. The molecule has 2 heteroatoms. The number of nitrogens with zero attached hydrogens (tertiary/aromatic N) is 1. The molecule has 1 N–H and O–H groups in total. The van der Waals surface area contributed by atoms with Gasteiger partial charge in [0.2, 0.25) is 0 Å². The first-order valence-electron chi connectivity index (χ1n) is 7.60. The molecule has 1 heterocycles. The molecule has 1 fully saturated rings. The van der Waals surface area contributed by atoms with E-state index in [1.54, 1.807) is 0 Å². The van der Waals surface area contributed by atoms with Crippen molar-refractivity contribution in [1.82, 2.24) is 4.90 Å². The van der Waals surface area contributed by atoms with Gasteiger partial charge >= 0.3 is 0 Å². The minimum Gasteiger partial charge on any atom is -0.385 e. The molecule has 1 aromatic carbocycles. The number of hydrogen-bond donors (Lipinski definition) is 1. The molecule has 0 aromatic heterocycles. The van der Waals surface area contributed by atoms with Gasteiger partial charge in [-0.15, -0.1) is 0 Å². The summed E-state index contributed by atoms with van der Waals surface area (Å²) in [4.78, 5) is 2.43. The molecule has 0 radical (unpaired) electrons. The summed E-state index contributed by atoms with van der Waals surface area (Å²) < 4.78 is 0. The molecule has 19 heavy (non-hydrogen) atoms. The summed E-state index contributed by atoms with van der Waals surface area (Å²) in [6.45, 7) is 9.80. The Labute approximate surface area is 117 Å². The fraction of sp³-hybridized carbons (Fsp3) is 0.647. The van der Waals surface area contributed by atoms with Crippen molar-refractivity contribution in [1.29, 1.82) is 0 Å². The highest BCUT2D eigenvalue weighted by atomic mass is 16.3. The Morgan fingerprint density at radius 2 is 1.84 bits per heavy atom. The Morgan fingerprint density at radius 1 is 1.16 bits per heavy atom. The van der Waals surface area contributed by atoms with Crippen molar-refractivity contribution in [2.75, 3.05) is 19.6 Å². The van der Waals surface area contributed by atoms with Crippen LogP contribution in [-0.2, 0) is 5.60 Å². The summed E-state index contributed by atoms with van der Waals surface area (Å²) in [5, 5.41) is 10.9. The Bertz CT molecular complexity index is 398. The maximum atomic E-state index is 10.9. The van der Waals surface area contributed by atoms with Gasteiger partial charge in [-0.2, -0.15) is 0 Å². The van der Waals surface area contributed by atoms with Gasteiger partial charge in [-0.1, -0.05) is 45.0 Å². The largest absolute Gasteiger partial charge is 0.385 e. The summed E-state index contributed by atoms with van der Waals surface area (Å²) in [5.41, 5.74) is 1.81. The molecule has 0 aliphatic carbocycles. The number of aliphatic hydroxyl groups is 1. The van der Waals surface area contributed by atoms with E-state index in [9.17, 15) is 5.11 Å². The summed E-state index contributed by atoms with van der Waals surface area (Å²) in [6.07, 6.45) is 2.81. The highest BCUT2D eigenvalue weighted by Gasteiger charge is 2.31. The number of benzene rings is 1. The minimum atomic E-state index is -0.626. The van der Waals surface area contributed by atoms with Crippen LogP contribution in [0, 0.1) is 0 Å². The van der Waals surface area contributed by atoms with Gasteiger partial charge in [-0.3, -0.25) is 0 Å². The average Bonchev–Trinajstić information content (AvgIpc) is 2.61. The molecule has 0 saturated carbocycles. The monoisotopic (exact) mass is 261 g/mol. The SMILES string of the molecule is CCN1CCCC(O)(c2ccc(C(C)C)cc2)CC1. The van der Waals surface area contributed by atoms with Gasteiger partial charge in [-0.05, 0) is 49.4 Å².